The molecule has 4 heteroatoms. The number of carbonyl (C=O) groups excluding carboxylic acids is 2. The van der Waals surface area contributed by atoms with Gasteiger partial charge in [-0.1, -0.05) is 51.5 Å². The van der Waals surface area contributed by atoms with Gasteiger partial charge < -0.3 is 9.47 Å². The molecule has 5 atom stereocenters. The molecule has 0 amide bonds. The zero-order valence-corrected chi connectivity index (χ0v) is 21.1. The van der Waals surface area contributed by atoms with E-state index in [1.165, 1.54) is 10.9 Å². The van der Waals surface area contributed by atoms with Gasteiger partial charge in [0.2, 0.25) is 0 Å². The van der Waals surface area contributed by atoms with Crippen molar-refractivity contribution in [1.29, 1.82) is 0 Å². The van der Waals surface area contributed by atoms with Gasteiger partial charge in [-0.2, -0.15) is 0 Å². The standard InChI is InChI=1S/C30H38O4/c1-19-7-12-25(27(16-19)34-28(32)30-14-5-6-26(31)24(30)13-15-30)29(2,3)22-10-8-21-18-23(33-4)11-9-20(21)17-22/h8-11,17-19,24-25,27H,5-7,12-16H2,1-4H3/t19-,24-,25-,27-,30+/m1/s1. The van der Waals surface area contributed by atoms with Crippen molar-refractivity contribution in [2.45, 2.75) is 83.7 Å². The molecule has 2 aromatic rings. The van der Waals surface area contributed by atoms with E-state index in [-0.39, 0.29) is 35.1 Å². The Bertz CT molecular complexity index is 1100. The van der Waals surface area contributed by atoms with E-state index in [9.17, 15) is 9.59 Å². The number of rotatable bonds is 5. The van der Waals surface area contributed by atoms with Gasteiger partial charge in [0.25, 0.3) is 0 Å². The van der Waals surface area contributed by atoms with Gasteiger partial charge in [-0.05, 0) is 78.3 Å². The molecule has 0 N–H and O–H groups in total. The van der Waals surface area contributed by atoms with E-state index in [1.54, 1.807) is 7.11 Å². The summed E-state index contributed by atoms with van der Waals surface area (Å²) >= 11 is 0. The fourth-order valence-electron chi connectivity index (χ4n) is 7.01. The van der Waals surface area contributed by atoms with Crippen LogP contribution in [-0.2, 0) is 19.7 Å². The number of benzene rings is 2. The molecule has 3 saturated carbocycles. The van der Waals surface area contributed by atoms with Crippen molar-refractivity contribution >= 4 is 22.5 Å². The summed E-state index contributed by atoms with van der Waals surface area (Å²) in [6.07, 6.45) is 6.92. The number of hydrogen-bond acceptors (Lipinski definition) is 4. The summed E-state index contributed by atoms with van der Waals surface area (Å²) in [7, 11) is 1.69. The molecule has 3 aliphatic rings. The highest BCUT2D eigenvalue weighted by molar-refractivity contribution is 5.92. The van der Waals surface area contributed by atoms with Gasteiger partial charge in [-0.25, -0.2) is 0 Å². The number of hydrogen-bond donors (Lipinski definition) is 0. The fourth-order valence-corrected chi connectivity index (χ4v) is 7.01. The molecule has 0 saturated heterocycles. The SMILES string of the molecule is COc1ccc2cc(C(C)(C)[C@@H]3CC[C@@H](C)C[C@H]3OC(=O)[C@]34CCCC(=O)[C@H]3CC4)ccc2c1. The van der Waals surface area contributed by atoms with E-state index in [0.29, 0.717) is 12.3 Å². The lowest BCUT2D eigenvalue weighted by atomic mass is 9.53. The van der Waals surface area contributed by atoms with Crippen LogP contribution in [0.2, 0.25) is 0 Å². The second-order valence-corrected chi connectivity index (χ2v) is 11.7. The minimum absolute atomic E-state index is 0.0951. The third-order valence-electron chi connectivity index (χ3n) is 9.42. The zero-order valence-electron chi connectivity index (χ0n) is 21.1. The lowest BCUT2D eigenvalue weighted by Crippen LogP contribution is -2.55. The third-order valence-corrected chi connectivity index (χ3v) is 9.42. The maximum atomic E-state index is 13.6. The number of ketones is 1. The van der Waals surface area contributed by atoms with Gasteiger partial charge in [-0.15, -0.1) is 0 Å². The van der Waals surface area contributed by atoms with Crippen LogP contribution in [0.5, 0.6) is 5.75 Å². The number of esters is 1. The molecule has 0 aromatic heterocycles. The molecule has 0 spiro atoms. The maximum Gasteiger partial charge on any atom is 0.313 e. The minimum Gasteiger partial charge on any atom is -0.497 e. The van der Waals surface area contributed by atoms with Gasteiger partial charge in [0.05, 0.1) is 12.5 Å². The molecular formula is C30H38O4. The highest BCUT2D eigenvalue weighted by Gasteiger charge is 2.58. The Labute approximate surface area is 203 Å². The Kier molecular flexibility index (Phi) is 5.98. The van der Waals surface area contributed by atoms with E-state index < -0.39 is 5.41 Å². The fraction of sp³-hybridized carbons (Fsp3) is 0.600. The number of Topliss-reactive ketones (excluding diaryl/α,β-unsaturated/α-hetero) is 1. The maximum absolute atomic E-state index is 13.6. The van der Waals surface area contributed by atoms with Crippen LogP contribution >= 0.6 is 0 Å². The summed E-state index contributed by atoms with van der Waals surface area (Å²) in [5, 5.41) is 2.36. The summed E-state index contributed by atoms with van der Waals surface area (Å²) in [5.41, 5.74) is 0.601. The van der Waals surface area contributed by atoms with Crippen molar-refractivity contribution in [3.05, 3.63) is 42.0 Å². The molecule has 0 radical (unpaired) electrons. The van der Waals surface area contributed by atoms with Crippen LogP contribution in [0.25, 0.3) is 10.8 Å². The second kappa shape index (κ2) is 8.70. The number of fused-ring (bicyclic) bond motifs is 2. The highest BCUT2D eigenvalue weighted by atomic mass is 16.5. The summed E-state index contributed by atoms with van der Waals surface area (Å²) in [6.45, 7) is 6.86. The van der Waals surface area contributed by atoms with Gasteiger partial charge in [0.1, 0.15) is 17.6 Å². The average molecular weight is 463 g/mol. The van der Waals surface area contributed by atoms with E-state index in [4.69, 9.17) is 9.47 Å². The normalized spacial score (nSPS) is 31.5. The molecule has 3 aliphatic carbocycles. The molecule has 5 rings (SSSR count). The van der Waals surface area contributed by atoms with E-state index in [0.717, 1.165) is 56.1 Å². The summed E-state index contributed by atoms with van der Waals surface area (Å²) < 4.78 is 11.8. The van der Waals surface area contributed by atoms with Gasteiger partial charge in [0, 0.05) is 18.3 Å². The highest BCUT2D eigenvalue weighted by Crippen LogP contribution is 2.55. The first-order valence-electron chi connectivity index (χ1n) is 13.1. The molecule has 4 nitrogen and oxygen atoms in total. The molecule has 0 bridgehead atoms. The number of methoxy groups -OCH3 is 1. The van der Waals surface area contributed by atoms with Crippen LogP contribution in [-0.4, -0.2) is 25.0 Å². The van der Waals surface area contributed by atoms with Crippen LogP contribution < -0.4 is 4.74 Å². The summed E-state index contributed by atoms with van der Waals surface area (Å²) in [4.78, 5) is 26.0. The average Bonchev–Trinajstić information content (AvgIpc) is 2.79. The largest absolute Gasteiger partial charge is 0.497 e. The Morgan fingerprint density at radius 1 is 1.03 bits per heavy atom. The van der Waals surface area contributed by atoms with Crippen molar-refractivity contribution in [3.8, 4) is 5.75 Å². The van der Waals surface area contributed by atoms with E-state index in [1.807, 2.05) is 6.07 Å². The predicted molar refractivity (Wildman–Crippen MR) is 134 cm³/mol. The van der Waals surface area contributed by atoms with Crippen LogP contribution in [0.1, 0.15) is 77.7 Å². The van der Waals surface area contributed by atoms with Crippen LogP contribution in [0, 0.1) is 23.2 Å². The molecule has 2 aromatic carbocycles. The van der Waals surface area contributed by atoms with Crippen LogP contribution in [0.3, 0.4) is 0 Å². The molecule has 0 unspecified atom stereocenters. The first-order valence-corrected chi connectivity index (χ1v) is 13.1. The third kappa shape index (κ3) is 3.83. The Hall–Kier alpha value is -2.36. The lowest BCUT2D eigenvalue weighted by molar-refractivity contribution is -0.187. The first-order chi connectivity index (χ1) is 16.2. The monoisotopic (exact) mass is 462 g/mol. The smallest absolute Gasteiger partial charge is 0.313 e. The molecule has 0 heterocycles. The predicted octanol–water partition coefficient (Wildman–Crippen LogP) is 6.62. The number of ether oxygens (including phenoxy) is 2. The van der Waals surface area contributed by atoms with E-state index in [2.05, 4.69) is 51.1 Å². The zero-order chi connectivity index (χ0) is 24.1. The van der Waals surface area contributed by atoms with Crippen LogP contribution in [0.15, 0.2) is 36.4 Å². The molecular weight excluding hydrogens is 424 g/mol. The van der Waals surface area contributed by atoms with Crippen molar-refractivity contribution in [2.75, 3.05) is 7.11 Å². The molecule has 34 heavy (non-hydrogen) atoms. The van der Waals surface area contributed by atoms with Gasteiger partial charge >= 0.3 is 5.97 Å². The minimum atomic E-state index is -0.535. The molecule has 182 valence electrons. The topological polar surface area (TPSA) is 52.6 Å². The van der Waals surface area contributed by atoms with E-state index >= 15 is 0 Å². The second-order valence-electron chi connectivity index (χ2n) is 11.7. The van der Waals surface area contributed by atoms with Crippen molar-refractivity contribution in [3.63, 3.8) is 0 Å². The Morgan fingerprint density at radius 2 is 1.79 bits per heavy atom. The Balaban J connectivity index is 1.41. The molecule has 0 aliphatic heterocycles. The quantitative estimate of drug-likeness (QED) is 0.468. The first kappa shape index (κ1) is 23.4. The van der Waals surface area contributed by atoms with Gasteiger partial charge in [0.15, 0.2) is 0 Å². The van der Waals surface area contributed by atoms with Crippen molar-refractivity contribution in [1.82, 2.24) is 0 Å². The summed E-state index contributed by atoms with van der Waals surface area (Å²) in [6, 6.07) is 12.9. The van der Waals surface area contributed by atoms with Crippen LogP contribution in [0.4, 0.5) is 0 Å². The van der Waals surface area contributed by atoms with Gasteiger partial charge in [-0.3, -0.25) is 9.59 Å². The lowest BCUT2D eigenvalue weighted by Gasteiger charge is -2.51. The van der Waals surface area contributed by atoms with Crippen molar-refractivity contribution < 1.29 is 19.1 Å². The van der Waals surface area contributed by atoms with Crippen molar-refractivity contribution in [2.24, 2.45) is 23.2 Å². The summed E-state index contributed by atoms with van der Waals surface area (Å²) in [5.74, 6) is 1.73. The number of carbonyl (C=O) groups is 2. The Morgan fingerprint density at radius 3 is 2.53 bits per heavy atom. The molecule has 3 fully saturated rings.